The van der Waals surface area contributed by atoms with Gasteiger partial charge in [-0.05, 0) is 60.4 Å². The van der Waals surface area contributed by atoms with Gasteiger partial charge in [0, 0.05) is 17.8 Å². The molecule has 2 N–H and O–H groups in total. The maximum atomic E-state index is 13.3. The van der Waals surface area contributed by atoms with Crippen molar-refractivity contribution in [2.24, 2.45) is 0 Å². The van der Waals surface area contributed by atoms with Crippen LogP contribution in [-0.2, 0) is 12.8 Å². The Bertz CT molecular complexity index is 1060. The minimum Gasteiger partial charge on any atom is -0.497 e. The van der Waals surface area contributed by atoms with Crippen molar-refractivity contribution in [3.63, 3.8) is 0 Å². The van der Waals surface area contributed by atoms with Gasteiger partial charge < -0.3 is 24.8 Å². The summed E-state index contributed by atoms with van der Waals surface area (Å²) in [6.45, 7) is 0.207. The molecule has 3 aromatic carbocycles. The van der Waals surface area contributed by atoms with Gasteiger partial charge in [0.25, 0.3) is 0 Å². The quantitative estimate of drug-likeness (QED) is 0.587. The number of halogens is 1. The molecule has 1 aliphatic rings. The van der Waals surface area contributed by atoms with Gasteiger partial charge in [-0.15, -0.1) is 0 Å². The normalized spacial score (nSPS) is 12.8. The number of nitrogens with one attached hydrogen (secondary N) is 2. The van der Waals surface area contributed by atoms with Crippen LogP contribution in [0.1, 0.15) is 11.1 Å². The lowest BCUT2D eigenvalue weighted by Crippen LogP contribution is -2.40. The molecular weight excluding hydrogens is 399 g/mol. The first-order valence-electron chi connectivity index (χ1n) is 9.93. The lowest BCUT2D eigenvalue weighted by molar-refractivity contribution is 0.174. The van der Waals surface area contributed by atoms with Gasteiger partial charge in [0.05, 0.1) is 7.11 Å². The van der Waals surface area contributed by atoms with E-state index >= 15 is 0 Å². The van der Waals surface area contributed by atoms with E-state index in [-0.39, 0.29) is 24.7 Å². The average Bonchev–Trinajstić information content (AvgIpc) is 3.23. The van der Waals surface area contributed by atoms with Crippen LogP contribution in [0.5, 0.6) is 17.2 Å². The molecule has 31 heavy (non-hydrogen) atoms. The van der Waals surface area contributed by atoms with E-state index in [9.17, 15) is 9.18 Å². The summed E-state index contributed by atoms with van der Waals surface area (Å²) in [5, 5.41) is 5.86. The van der Waals surface area contributed by atoms with Crippen LogP contribution in [0.3, 0.4) is 0 Å². The van der Waals surface area contributed by atoms with Gasteiger partial charge in [0.1, 0.15) is 11.6 Å². The van der Waals surface area contributed by atoms with E-state index in [4.69, 9.17) is 14.2 Å². The van der Waals surface area contributed by atoms with Gasteiger partial charge in [0.2, 0.25) is 6.79 Å². The zero-order valence-electron chi connectivity index (χ0n) is 17.1. The second-order valence-corrected chi connectivity index (χ2v) is 7.25. The highest BCUT2D eigenvalue weighted by Gasteiger charge is 2.18. The minimum atomic E-state index is -0.332. The third kappa shape index (κ3) is 5.45. The SMILES string of the molecule is COc1cccc(NC(=O)N[C@@H](Cc2ccc(F)cc2)Cc2ccc3c(c2)OCO3)c1. The number of carbonyl (C=O) groups is 1. The summed E-state index contributed by atoms with van der Waals surface area (Å²) in [4.78, 5) is 12.7. The molecule has 160 valence electrons. The molecule has 0 aromatic heterocycles. The highest BCUT2D eigenvalue weighted by atomic mass is 19.1. The van der Waals surface area contributed by atoms with Crippen LogP contribution in [0.4, 0.5) is 14.9 Å². The van der Waals surface area contributed by atoms with Gasteiger partial charge in [-0.2, -0.15) is 0 Å². The van der Waals surface area contributed by atoms with Crippen LogP contribution < -0.4 is 24.8 Å². The Hall–Kier alpha value is -3.74. The molecular formula is C24H23FN2O4. The molecule has 0 spiro atoms. The Morgan fingerprint density at radius 1 is 1.00 bits per heavy atom. The summed E-state index contributed by atoms with van der Waals surface area (Å²) in [5.41, 5.74) is 2.55. The Morgan fingerprint density at radius 3 is 2.55 bits per heavy atom. The molecule has 0 saturated heterocycles. The Morgan fingerprint density at radius 2 is 1.74 bits per heavy atom. The lowest BCUT2D eigenvalue weighted by Gasteiger charge is -2.20. The van der Waals surface area contributed by atoms with Crippen LogP contribution in [0.2, 0.25) is 0 Å². The number of benzene rings is 3. The van der Waals surface area contributed by atoms with Gasteiger partial charge in [-0.1, -0.05) is 24.3 Å². The summed E-state index contributed by atoms with van der Waals surface area (Å²) in [7, 11) is 1.57. The molecule has 0 bridgehead atoms. The zero-order chi connectivity index (χ0) is 21.6. The number of methoxy groups -OCH3 is 1. The predicted octanol–water partition coefficient (Wildman–Crippen LogP) is 4.54. The van der Waals surface area contributed by atoms with E-state index in [0.29, 0.717) is 35.8 Å². The highest BCUT2D eigenvalue weighted by Crippen LogP contribution is 2.33. The summed E-state index contributed by atoms with van der Waals surface area (Å²) >= 11 is 0. The van der Waals surface area contributed by atoms with E-state index in [0.717, 1.165) is 11.1 Å². The summed E-state index contributed by atoms with van der Waals surface area (Å²) < 4.78 is 29.3. The first kappa shape index (κ1) is 20.5. The summed E-state index contributed by atoms with van der Waals surface area (Å²) in [5.74, 6) is 1.77. The molecule has 0 aliphatic carbocycles. The summed E-state index contributed by atoms with van der Waals surface area (Å²) in [6, 6.07) is 18.6. The van der Waals surface area contributed by atoms with Gasteiger partial charge in [-0.3, -0.25) is 0 Å². The number of urea groups is 1. The van der Waals surface area contributed by atoms with E-state index in [1.807, 2.05) is 18.2 Å². The number of hydrogen-bond donors (Lipinski definition) is 2. The Labute approximate surface area is 179 Å². The van der Waals surface area contributed by atoms with Crippen molar-refractivity contribution in [1.29, 1.82) is 0 Å². The standard InChI is InChI=1S/C24H23FN2O4/c1-29-21-4-2-3-19(14-21)26-24(28)27-20(11-16-5-8-18(25)9-6-16)12-17-7-10-22-23(13-17)31-15-30-22/h2-10,13-14,20H,11-12,15H2,1H3,(H2,26,27,28)/t20-/m0/s1. The van der Waals surface area contributed by atoms with Crippen molar-refractivity contribution in [3.8, 4) is 17.2 Å². The Balaban J connectivity index is 1.48. The van der Waals surface area contributed by atoms with Gasteiger partial charge >= 0.3 is 6.03 Å². The van der Waals surface area contributed by atoms with E-state index in [1.54, 1.807) is 43.5 Å². The number of amides is 2. The molecule has 0 radical (unpaired) electrons. The van der Waals surface area contributed by atoms with Crippen LogP contribution in [0.15, 0.2) is 66.7 Å². The van der Waals surface area contributed by atoms with E-state index in [2.05, 4.69) is 10.6 Å². The molecule has 0 fully saturated rings. The second kappa shape index (κ2) is 9.38. The molecule has 4 rings (SSSR count). The van der Waals surface area contributed by atoms with Crippen molar-refractivity contribution in [3.05, 3.63) is 83.7 Å². The number of ether oxygens (including phenoxy) is 3. The fourth-order valence-electron chi connectivity index (χ4n) is 3.49. The number of anilines is 1. The van der Waals surface area contributed by atoms with Crippen LogP contribution >= 0.6 is 0 Å². The van der Waals surface area contributed by atoms with Gasteiger partial charge in [-0.25, -0.2) is 9.18 Å². The smallest absolute Gasteiger partial charge is 0.319 e. The molecule has 6 nitrogen and oxygen atoms in total. The number of rotatable bonds is 7. The highest BCUT2D eigenvalue weighted by molar-refractivity contribution is 5.89. The molecule has 0 saturated carbocycles. The third-order valence-electron chi connectivity index (χ3n) is 4.98. The largest absolute Gasteiger partial charge is 0.497 e. The minimum absolute atomic E-state index is 0.207. The topological polar surface area (TPSA) is 68.8 Å². The number of carbonyl (C=O) groups excluding carboxylic acids is 1. The first-order chi connectivity index (χ1) is 15.1. The van der Waals surface area contributed by atoms with Crippen molar-refractivity contribution in [2.75, 3.05) is 19.2 Å². The number of fused-ring (bicyclic) bond motifs is 1. The lowest BCUT2D eigenvalue weighted by atomic mass is 9.98. The fraction of sp³-hybridized carbons (Fsp3) is 0.208. The van der Waals surface area contributed by atoms with Gasteiger partial charge in [0.15, 0.2) is 11.5 Å². The summed E-state index contributed by atoms with van der Waals surface area (Å²) in [6.07, 6.45) is 1.11. The predicted molar refractivity (Wildman–Crippen MR) is 115 cm³/mol. The van der Waals surface area contributed by atoms with Crippen LogP contribution in [0.25, 0.3) is 0 Å². The molecule has 2 amide bonds. The van der Waals surface area contributed by atoms with Crippen molar-refractivity contribution >= 4 is 11.7 Å². The fourth-order valence-corrected chi connectivity index (χ4v) is 3.49. The molecule has 3 aromatic rings. The zero-order valence-corrected chi connectivity index (χ0v) is 17.1. The van der Waals surface area contributed by atoms with Crippen molar-refractivity contribution < 1.29 is 23.4 Å². The third-order valence-corrected chi connectivity index (χ3v) is 4.98. The van der Waals surface area contributed by atoms with Crippen molar-refractivity contribution in [1.82, 2.24) is 5.32 Å². The van der Waals surface area contributed by atoms with Crippen LogP contribution in [-0.4, -0.2) is 26.0 Å². The van der Waals surface area contributed by atoms with E-state index < -0.39 is 0 Å². The van der Waals surface area contributed by atoms with E-state index in [1.165, 1.54) is 12.1 Å². The maximum Gasteiger partial charge on any atom is 0.319 e. The van der Waals surface area contributed by atoms with Crippen molar-refractivity contribution in [2.45, 2.75) is 18.9 Å². The second-order valence-electron chi connectivity index (χ2n) is 7.25. The Kier molecular flexibility index (Phi) is 6.21. The first-order valence-corrected chi connectivity index (χ1v) is 9.93. The molecule has 1 heterocycles. The maximum absolute atomic E-state index is 13.3. The molecule has 7 heteroatoms. The molecule has 1 atom stereocenters. The molecule has 1 aliphatic heterocycles. The number of hydrogen-bond acceptors (Lipinski definition) is 4. The molecule has 0 unspecified atom stereocenters. The average molecular weight is 422 g/mol. The van der Waals surface area contributed by atoms with Crippen LogP contribution in [0, 0.1) is 5.82 Å². The monoisotopic (exact) mass is 422 g/mol.